The van der Waals surface area contributed by atoms with Crippen LogP contribution in [0.4, 0.5) is 0 Å². The van der Waals surface area contributed by atoms with E-state index in [1.165, 1.54) is 5.56 Å². The van der Waals surface area contributed by atoms with Gasteiger partial charge in [0.25, 0.3) is 0 Å². The summed E-state index contributed by atoms with van der Waals surface area (Å²) in [4.78, 5) is 19.2. The Hall–Kier alpha value is -2.21. The highest BCUT2D eigenvalue weighted by Gasteiger charge is 2.34. The first-order valence-corrected chi connectivity index (χ1v) is 11.3. The van der Waals surface area contributed by atoms with Gasteiger partial charge < -0.3 is 4.90 Å². The number of likely N-dealkylation sites (tertiary alicyclic amines) is 1. The number of benzene rings is 1. The van der Waals surface area contributed by atoms with E-state index in [2.05, 4.69) is 11.1 Å². The number of aromatic nitrogens is 1. The number of pyridine rings is 1. The van der Waals surface area contributed by atoms with Gasteiger partial charge in [-0.05, 0) is 37.0 Å². The molecule has 0 aliphatic carbocycles. The molecule has 0 bridgehead atoms. The van der Waals surface area contributed by atoms with Crippen molar-refractivity contribution in [3.8, 4) is 11.3 Å². The van der Waals surface area contributed by atoms with Crippen molar-refractivity contribution in [3.63, 3.8) is 0 Å². The van der Waals surface area contributed by atoms with Crippen LogP contribution in [0.1, 0.15) is 30.7 Å². The maximum absolute atomic E-state index is 12.8. The molecule has 2 fully saturated rings. The highest BCUT2D eigenvalue weighted by Crippen LogP contribution is 2.31. The van der Waals surface area contributed by atoms with E-state index in [0.717, 1.165) is 24.2 Å². The molecular weight excluding hydrogens is 360 g/mol. The third-order valence-corrected chi connectivity index (χ3v) is 7.44. The molecule has 0 saturated carbocycles. The topological polar surface area (TPSA) is 67.3 Å². The quantitative estimate of drug-likeness (QED) is 0.816. The summed E-state index contributed by atoms with van der Waals surface area (Å²) in [6.45, 7) is 1.45. The van der Waals surface area contributed by atoms with Crippen LogP contribution in [0, 0.1) is 5.92 Å². The lowest BCUT2D eigenvalue weighted by molar-refractivity contribution is -0.134. The molecule has 0 unspecified atom stereocenters. The minimum atomic E-state index is -2.94. The molecular formula is C21H24N2O3S. The lowest BCUT2D eigenvalue weighted by Crippen LogP contribution is -2.38. The highest BCUT2D eigenvalue weighted by molar-refractivity contribution is 7.91. The smallest absolute Gasteiger partial charge is 0.225 e. The van der Waals surface area contributed by atoms with Crippen molar-refractivity contribution in [1.82, 2.24) is 9.88 Å². The number of hydrogen-bond donors (Lipinski definition) is 0. The summed E-state index contributed by atoms with van der Waals surface area (Å²) in [6.07, 6.45) is 3.72. The predicted molar refractivity (Wildman–Crippen MR) is 105 cm³/mol. The molecule has 0 radical (unpaired) electrons. The standard InChI is InChI=1S/C21H24N2O3S/c24-21(17-8-12-27(25,26)13-9-17)23-11-7-19(15-23)18-6-10-22-20(14-18)16-4-2-1-3-5-16/h1-6,10,14,17,19H,7-9,11-13,15H2/t19-/m1/s1. The Kier molecular flexibility index (Phi) is 5.00. The van der Waals surface area contributed by atoms with E-state index < -0.39 is 9.84 Å². The third-order valence-electron chi connectivity index (χ3n) is 5.73. The average Bonchev–Trinajstić information content (AvgIpc) is 3.19. The van der Waals surface area contributed by atoms with E-state index in [1.54, 1.807) is 0 Å². The fraction of sp³-hybridized carbons (Fsp3) is 0.429. The predicted octanol–water partition coefficient (Wildman–Crippen LogP) is 2.89. The van der Waals surface area contributed by atoms with E-state index in [-0.39, 0.29) is 23.3 Å². The van der Waals surface area contributed by atoms with Crippen LogP contribution in [0.3, 0.4) is 0 Å². The van der Waals surface area contributed by atoms with Gasteiger partial charge in [0.05, 0.1) is 17.2 Å². The van der Waals surface area contributed by atoms with E-state index in [1.807, 2.05) is 47.5 Å². The number of amides is 1. The monoisotopic (exact) mass is 384 g/mol. The summed E-state index contributed by atoms with van der Waals surface area (Å²) in [6, 6.07) is 14.3. The molecule has 2 saturated heterocycles. The van der Waals surface area contributed by atoms with Crippen LogP contribution in [0.15, 0.2) is 48.7 Å². The summed E-state index contributed by atoms with van der Waals surface area (Å²) < 4.78 is 23.2. The van der Waals surface area contributed by atoms with Crippen LogP contribution in [-0.4, -0.2) is 48.8 Å². The van der Waals surface area contributed by atoms with Gasteiger partial charge in [0.15, 0.2) is 0 Å². The van der Waals surface area contributed by atoms with Gasteiger partial charge in [-0.1, -0.05) is 30.3 Å². The first-order chi connectivity index (χ1) is 13.0. The Labute approximate surface area is 160 Å². The van der Waals surface area contributed by atoms with Crippen molar-refractivity contribution in [1.29, 1.82) is 0 Å². The van der Waals surface area contributed by atoms with Crippen LogP contribution in [0.2, 0.25) is 0 Å². The number of carbonyl (C=O) groups is 1. The molecule has 6 heteroatoms. The van der Waals surface area contributed by atoms with Gasteiger partial charge in [-0.15, -0.1) is 0 Å². The fourth-order valence-corrected chi connectivity index (χ4v) is 5.59. The first kappa shape index (κ1) is 18.2. The lowest BCUT2D eigenvalue weighted by Gasteiger charge is -2.26. The van der Waals surface area contributed by atoms with Crippen LogP contribution in [0.5, 0.6) is 0 Å². The Morgan fingerprint density at radius 1 is 1.04 bits per heavy atom. The highest BCUT2D eigenvalue weighted by atomic mass is 32.2. The largest absolute Gasteiger partial charge is 0.342 e. The zero-order chi connectivity index (χ0) is 18.9. The summed E-state index contributed by atoms with van der Waals surface area (Å²) in [5, 5.41) is 0. The lowest BCUT2D eigenvalue weighted by atomic mass is 9.97. The van der Waals surface area contributed by atoms with Crippen LogP contribution in [0.25, 0.3) is 11.3 Å². The molecule has 4 rings (SSSR count). The molecule has 2 aliphatic rings. The molecule has 2 aromatic rings. The number of carbonyl (C=O) groups excluding carboxylic acids is 1. The molecule has 142 valence electrons. The van der Waals surface area contributed by atoms with Crippen molar-refractivity contribution in [2.75, 3.05) is 24.6 Å². The van der Waals surface area contributed by atoms with Crippen molar-refractivity contribution in [2.24, 2.45) is 5.92 Å². The van der Waals surface area contributed by atoms with Crippen molar-refractivity contribution < 1.29 is 13.2 Å². The zero-order valence-electron chi connectivity index (χ0n) is 15.3. The van der Waals surface area contributed by atoms with Gasteiger partial charge in [-0.3, -0.25) is 9.78 Å². The molecule has 5 nitrogen and oxygen atoms in total. The molecule has 1 atom stereocenters. The maximum Gasteiger partial charge on any atom is 0.225 e. The molecule has 1 aromatic carbocycles. The molecule has 27 heavy (non-hydrogen) atoms. The minimum Gasteiger partial charge on any atom is -0.342 e. The Balaban J connectivity index is 1.43. The van der Waals surface area contributed by atoms with Gasteiger partial charge in [0, 0.05) is 36.7 Å². The van der Waals surface area contributed by atoms with Gasteiger partial charge >= 0.3 is 0 Å². The number of hydrogen-bond acceptors (Lipinski definition) is 4. The van der Waals surface area contributed by atoms with Gasteiger partial charge in [-0.2, -0.15) is 0 Å². The second-order valence-electron chi connectivity index (χ2n) is 7.54. The van der Waals surface area contributed by atoms with Gasteiger partial charge in [0.1, 0.15) is 9.84 Å². The van der Waals surface area contributed by atoms with E-state index >= 15 is 0 Å². The van der Waals surface area contributed by atoms with E-state index in [9.17, 15) is 13.2 Å². The normalized spacial score (nSPS) is 22.7. The van der Waals surface area contributed by atoms with Gasteiger partial charge in [0.2, 0.25) is 5.91 Å². The van der Waals surface area contributed by atoms with Crippen LogP contribution < -0.4 is 0 Å². The minimum absolute atomic E-state index is 0.129. The van der Waals surface area contributed by atoms with E-state index in [4.69, 9.17) is 0 Å². The Morgan fingerprint density at radius 3 is 2.52 bits per heavy atom. The number of sulfone groups is 1. The second kappa shape index (κ2) is 7.43. The number of nitrogens with zero attached hydrogens (tertiary/aromatic N) is 2. The van der Waals surface area contributed by atoms with Crippen molar-refractivity contribution in [3.05, 3.63) is 54.2 Å². The summed E-state index contributed by atoms with van der Waals surface area (Å²) in [7, 11) is -2.94. The molecule has 0 N–H and O–H groups in total. The van der Waals surface area contributed by atoms with Crippen molar-refractivity contribution >= 4 is 15.7 Å². The van der Waals surface area contributed by atoms with Crippen molar-refractivity contribution in [2.45, 2.75) is 25.2 Å². The zero-order valence-corrected chi connectivity index (χ0v) is 16.1. The Bertz CT molecular complexity index is 913. The maximum atomic E-state index is 12.8. The van der Waals surface area contributed by atoms with Crippen LogP contribution >= 0.6 is 0 Å². The molecule has 3 heterocycles. The molecule has 2 aliphatic heterocycles. The summed E-state index contributed by atoms with van der Waals surface area (Å²) >= 11 is 0. The van der Waals surface area contributed by atoms with E-state index in [0.29, 0.717) is 25.3 Å². The Morgan fingerprint density at radius 2 is 1.78 bits per heavy atom. The average molecular weight is 385 g/mol. The first-order valence-electron chi connectivity index (χ1n) is 9.52. The second-order valence-corrected chi connectivity index (χ2v) is 9.84. The summed E-state index contributed by atoms with van der Waals surface area (Å²) in [5.74, 6) is 0.595. The summed E-state index contributed by atoms with van der Waals surface area (Å²) in [5.41, 5.74) is 3.26. The van der Waals surface area contributed by atoms with Crippen LogP contribution in [-0.2, 0) is 14.6 Å². The SMILES string of the molecule is O=C(C1CCS(=O)(=O)CC1)N1CC[C@@H](c2ccnc(-c3ccccc3)c2)C1. The third kappa shape index (κ3) is 4.05. The van der Waals surface area contributed by atoms with Gasteiger partial charge in [-0.25, -0.2) is 8.42 Å². The fourth-order valence-electron chi connectivity index (χ4n) is 4.10. The molecule has 1 aromatic heterocycles. The number of rotatable bonds is 3. The molecule has 1 amide bonds. The molecule has 0 spiro atoms.